The Labute approximate surface area is 186 Å². The van der Waals surface area contributed by atoms with E-state index < -0.39 is 0 Å². The number of amides is 1. The van der Waals surface area contributed by atoms with Crippen LogP contribution in [0.5, 0.6) is 5.75 Å². The summed E-state index contributed by atoms with van der Waals surface area (Å²) in [6.07, 6.45) is 1.77. The van der Waals surface area contributed by atoms with Crippen molar-refractivity contribution in [2.75, 3.05) is 11.9 Å². The monoisotopic (exact) mass is 428 g/mol. The molecule has 0 aliphatic rings. The van der Waals surface area contributed by atoms with Gasteiger partial charge >= 0.3 is 0 Å². The number of nitrogens with one attached hydrogen (secondary N) is 1. The molecule has 0 bridgehead atoms. The SMILES string of the molecule is Cc1ccc(Cl)cc1N=Cc1c(OCC(=O)Nc2ccccc2)ccc2ccccc12. The largest absolute Gasteiger partial charge is 0.483 e. The van der Waals surface area contributed by atoms with Crippen LogP contribution in [0.15, 0.2) is 89.9 Å². The molecule has 0 spiro atoms. The Morgan fingerprint density at radius 3 is 2.61 bits per heavy atom. The lowest BCUT2D eigenvalue weighted by atomic mass is 10.0. The zero-order chi connectivity index (χ0) is 21.6. The number of anilines is 1. The van der Waals surface area contributed by atoms with Crippen molar-refractivity contribution < 1.29 is 9.53 Å². The van der Waals surface area contributed by atoms with Crippen LogP contribution in [0.3, 0.4) is 0 Å². The van der Waals surface area contributed by atoms with Crippen molar-refractivity contribution in [3.8, 4) is 5.75 Å². The first-order chi connectivity index (χ1) is 15.1. The van der Waals surface area contributed by atoms with E-state index in [0.717, 1.165) is 33.3 Å². The summed E-state index contributed by atoms with van der Waals surface area (Å²) in [7, 11) is 0. The van der Waals surface area contributed by atoms with Gasteiger partial charge in [-0.2, -0.15) is 0 Å². The molecule has 0 radical (unpaired) electrons. The van der Waals surface area contributed by atoms with Gasteiger partial charge in [0.15, 0.2) is 6.61 Å². The number of hydrogen-bond acceptors (Lipinski definition) is 3. The quantitative estimate of drug-likeness (QED) is 0.353. The lowest BCUT2D eigenvalue weighted by Gasteiger charge is -2.12. The first-order valence-corrected chi connectivity index (χ1v) is 10.3. The van der Waals surface area contributed by atoms with Crippen LogP contribution in [0.2, 0.25) is 5.02 Å². The number of ether oxygens (including phenoxy) is 1. The second-order valence-electron chi connectivity index (χ2n) is 7.09. The normalized spacial score (nSPS) is 11.0. The number of carbonyl (C=O) groups is 1. The van der Waals surface area contributed by atoms with Crippen LogP contribution in [0, 0.1) is 6.92 Å². The van der Waals surface area contributed by atoms with E-state index in [0.29, 0.717) is 10.8 Å². The summed E-state index contributed by atoms with van der Waals surface area (Å²) in [4.78, 5) is 17.0. The molecule has 1 amide bonds. The van der Waals surface area contributed by atoms with Crippen molar-refractivity contribution in [3.63, 3.8) is 0 Å². The van der Waals surface area contributed by atoms with Crippen LogP contribution >= 0.6 is 11.6 Å². The lowest BCUT2D eigenvalue weighted by molar-refractivity contribution is -0.118. The van der Waals surface area contributed by atoms with Crippen LogP contribution in [-0.4, -0.2) is 18.7 Å². The number of aryl methyl sites for hydroxylation is 1. The Morgan fingerprint density at radius 1 is 1.00 bits per heavy atom. The molecule has 154 valence electrons. The zero-order valence-electron chi connectivity index (χ0n) is 17.0. The highest BCUT2D eigenvalue weighted by atomic mass is 35.5. The molecule has 4 rings (SSSR count). The highest BCUT2D eigenvalue weighted by Gasteiger charge is 2.10. The minimum atomic E-state index is -0.229. The molecule has 0 fully saturated rings. The Bertz CT molecular complexity index is 1250. The third-order valence-electron chi connectivity index (χ3n) is 4.85. The van der Waals surface area contributed by atoms with Crippen LogP contribution in [0.25, 0.3) is 10.8 Å². The number of benzene rings is 4. The summed E-state index contributed by atoms with van der Waals surface area (Å²) in [5.41, 5.74) is 3.34. The van der Waals surface area contributed by atoms with Crippen molar-refractivity contribution in [1.29, 1.82) is 0 Å². The van der Waals surface area contributed by atoms with Gasteiger partial charge in [-0.25, -0.2) is 0 Å². The Hall–Kier alpha value is -3.63. The maximum Gasteiger partial charge on any atom is 0.262 e. The van der Waals surface area contributed by atoms with E-state index in [1.807, 2.05) is 91.9 Å². The molecule has 0 saturated heterocycles. The van der Waals surface area contributed by atoms with Gasteiger partial charge in [-0.3, -0.25) is 9.79 Å². The van der Waals surface area contributed by atoms with E-state index in [1.54, 1.807) is 6.21 Å². The summed E-state index contributed by atoms with van der Waals surface area (Å²) >= 11 is 6.13. The number of fused-ring (bicyclic) bond motifs is 1. The molecule has 4 aromatic rings. The van der Waals surface area contributed by atoms with E-state index in [2.05, 4.69) is 10.3 Å². The summed E-state index contributed by atoms with van der Waals surface area (Å²) in [6, 6.07) is 26.7. The highest BCUT2D eigenvalue weighted by Crippen LogP contribution is 2.29. The Kier molecular flexibility index (Phi) is 6.29. The first-order valence-electron chi connectivity index (χ1n) is 9.90. The van der Waals surface area contributed by atoms with E-state index in [1.165, 1.54) is 0 Å². The minimum Gasteiger partial charge on any atom is -0.483 e. The van der Waals surface area contributed by atoms with Crippen LogP contribution in [0.4, 0.5) is 11.4 Å². The van der Waals surface area contributed by atoms with Gasteiger partial charge in [0.1, 0.15) is 5.75 Å². The summed E-state index contributed by atoms with van der Waals surface area (Å²) in [6.45, 7) is 1.88. The second-order valence-corrected chi connectivity index (χ2v) is 7.53. The molecule has 0 aliphatic carbocycles. The summed E-state index contributed by atoms with van der Waals surface area (Å²) < 4.78 is 5.89. The van der Waals surface area contributed by atoms with Gasteiger partial charge in [0.05, 0.1) is 5.69 Å². The molecule has 0 aliphatic heterocycles. The molecule has 0 atom stereocenters. The standard InChI is InChI=1S/C26H21ClN2O2/c1-18-11-13-20(27)15-24(18)28-16-23-22-10-6-5-7-19(22)12-14-25(23)31-17-26(30)29-21-8-3-2-4-9-21/h2-16H,17H2,1H3,(H,29,30). The molecule has 0 heterocycles. The number of rotatable bonds is 6. The molecular weight excluding hydrogens is 408 g/mol. The van der Waals surface area contributed by atoms with Crippen LogP contribution in [-0.2, 0) is 4.79 Å². The fraction of sp³-hybridized carbons (Fsp3) is 0.0769. The van der Waals surface area contributed by atoms with Gasteiger partial charge in [0.2, 0.25) is 0 Å². The topological polar surface area (TPSA) is 50.7 Å². The molecule has 1 N–H and O–H groups in total. The van der Waals surface area contributed by atoms with Crippen LogP contribution in [0.1, 0.15) is 11.1 Å². The molecule has 0 saturated carbocycles. The fourth-order valence-electron chi connectivity index (χ4n) is 3.25. The Morgan fingerprint density at radius 2 is 1.77 bits per heavy atom. The Balaban J connectivity index is 1.62. The van der Waals surface area contributed by atoms with Gasteiger partial charge in [0, 0.05) is 22.5 Å². The number of carbonyl (C=O) groups excluding carboxylic acids is 1. The number of halogens is 1. The van der Waals surface area contributed by atoms with Gasteiger partial charge in [-0.05, 0) is 53.6 Å². The molecule has 4 aromatic carbocycles. The highest BCUT2D eigenvalue weighted by molar-refractivity contribution is 6.30. The zero-order valence-corrected chi connectivity index (χ0v) is 17.8. The van der Waals surface area contributed by atoms with Gasteiger partial charge < -0.3 is 10.1 Å². The molecule has 5 heteroatoms. The van der Waals surface area contributed by atoms with Gasteiger partial charge in [-0.1, -0.05) is 66.2 Å². The summed E-state index contributed by atoms with van der Waals surface area (Å²) in [5.74, 6) is 0.360. The predicted octanol–water partition coefficient (Wildman–Crippen LogP) is 6.57. The average molecular weight is 429 g/mol. The van der Waals surface area contributed by atoms with Crippen molar-refractivity contribution in [3.05, 3.63) is 101 Å². The average Bonchev–Trinajstić information content (AvgIpc) is 2.79. The molecule has 0 aromatic heterocycles. The number of aliphatic imine (C=N–C) groups is 1. The smallest absolute Gasteiger partial charge is 0.262 e. The minimum absolute atomic E-state index is 0.107. The molecular formula is C26H21ClN2O2. The third kappa shape index (κ3) is 5.11. The lowest BCUT2D eigenvalue weighted by Crippen LogP contribution is -2.20. The molecule has 31 heavy (non-hydrogen) atoms. The fourth-order valence-corrected chi connectivity index (χ4v) is 3.42. The van der Waals surface area contributed by atoms with E-state index in [-0.39, 0.29) is 12.5 Å². The van der Waals surface area contributed by atoms with Gasteiger partial charge in [-0.15, -0.1) is 0 Å². The van der Waals surface area contributed by atoms with E-state index in [9.17, 15) is 4.79 Å². The second kappa shape index (κ2) is 9.45. The number of nitrogens with zero attached hydrogens (tertiary/aromatic N) is 1. The van der Waals surface area contributed by atoms with Crippen molar-refractivity contribution in [1.82, 2.24) is 0 Å². The maximum atomic E-state index is 12.3. The first kappa shape index (κ1) is 20.6. The maximum absolute atomic E-state index is 12.3. The van der Waals surface area contributed by atoms with Gasteiger partial charge in [0.25, 0.3) is 5.91 Å². The molecule has 4 nitrogen and oxygen atoms in total. The van der Waals surface area contributed by atoms with Crippen molar-refractivity contribution in [2.45, 2.75) is 6.92 Å². The summed E-state index contributed by atoms with van der Waals surface area (Å²) in [5, 5.41) is 5.51. The van der Waals surface area contributed by atoms with E-state index >= 15 is 0 Å². The third-order valence-corrected chi connectivity index (χ3v) is 5.09. The van der Waals surface area contributed by atoms with E-state index in [4.69, 9.17) is 16.3 Å². The number of hydrogen-bond donors (Lipinski definition) is 1. The number of para-hydroxylation sites is 1. The van der Waals surface area contributed by atoms with Crippen molar-refractivity contribution >= 4 is 45.9 Å². The molecule has 0 unspecified atom stereocenters. The van der Waals surface area contributed by atoms with Crippen molar-refractivity contribution in [2.24, 2.45) is 4.99 Å². The van der Waals surface area contributed by atoms with Crippen LogP contribution < -0.4 is 10.1 Å². The predicted molar refractivity (Wildman–Crippen MR) is 128 cm³/mol.